The molecule has 190 valence electrons. The Bertz CT molecular complexity index is 688. The number of rotatable bonds is 16. The molecule has 0 heterocycles. The van der Waals surface area contributed by atoms with Crippen LogP contribution < -0.4 is 33.2 Å². The van der Waals surface area contributed by atoms with Crippen molar-refractivity contribution in [1.82, 2.24) is 16.0 Å². The molecule has 0 saturated heterocycles. The van der Waals surface area contributed by atoms with E-state index in [-0.39, 0.29) is 24.8 Å². The fraction of sp³-hybridized carbons (Fsp3) is 0.750. The lowest BCUT2D eigenvalue weighted by molar-refractivity contribution is -0.142. The van der Waals surface area contributed by atoms with Crippen molar-refractivity contribution in [3.05, 3.63) is 0 Å². The molecule has 3 amide bonds. The van der Waals surface area contributed by atoms with Crippen LogP contribution in [0.25, 0.3) is 0 Å². The van der Waals surface area contributed by atoms with Gasteiger partial charge in [-0.3, -0.25) is 19.4 Å². The van der Waals surface area contributed by atoms with Crippen LogP contribution >= 0.6 is 11.8 Å². The molecule has 0 rings (SSSR count). The maximum absolute atomic E-state index is 12.7. The Hall–Kier alpha value is -2.54. The van der Waals surface area contributed by atoms with E-state index in [1.165, 1.54) is 18.7 Å². The average molecular weight is 490 g/mol. The number of thioether (sulfide) groups is 1. The summed E-state index contributed by atoms with van der Waals surface area (Å²) >= 11 is 1.51. The number of carboxylic acids is 1. The predicted octanol–water partition coefficient (Wildman–Crippen LogP) is -1.27. The number of carboxylic acid groups (broad SMARTS) is 1. The Kier molecular flexibility index (Phi) is 14.9. The molecule has 12 nitrogen and oxygen atoms in total. The van der Waals surface area contributed by atoms with Crippen molar-refractivity contribution in [3.8, 4) is 0 Å². The van der Waals surface area contributed by atoms with E-state index in [2.05, 4.69) is 20.9 Å². The van der Waals surface area contributed by atoms with Crippen LogP contribution in [0.1, 0.15) is 46.5 Å². The van der Waals surface area contributed by atoms with Crippen molar-refractivity contribution in [3.63, 3.8) is 0 Å². The molecule has 5 atom stereocenters. The van der Waals surface area contributed by atoms with Gasteiger partial charge in [0.25, 0.3) is 0 Å². The molecule has 33 heavy (non-hydrogen) atoms. The van der Waals surface area contributed by atoms with Crippen molar-refractivity contribution in [2.24, 2.45) is 28.1 Å². The monoisotopic (exact) mass is 489 g/mol. The van der Waals surface area contributed by atoms with Gasteiger partial charge in [0.2, 0.25) is 17.7 Å². The fourth-order valence-corrected chi connectivity index (χ4v) is 3.19. The number of amides is 3. The summed E-state index contributed by atoms with van der Waals surface area (Å²) in [5, 5.41) is 16.9. The van der Waals surface area contributed by atoms with Crippen LogP contribution in [0.4, 0.5) is 0 Å². The molecule has 13 heteroatoms. The summed E-state index contributed by atoms with van der Waals surface area (Å²) in [4.78, 5) is 52.9. The van der Waals surface area contributed by atoms with Gasteiger partial charge in [-0.05, 0) is 44.1 Å². The summed E-state index contributed by atoms with van der Waals surface area (Å²) in [6.45, 7) is 5.43. The smallest absolute Gasteiger partial charge is 0.326 e. The molecule has 10 N–H and O–H groups in total. The van der Waals surface area contributed by atoms with E-state index in [0.717, 1.165) is 0 Å². The number of hydrogen-bond acceptors (Lipinski definition) is 7. The molecule has 0 spiro atoms. The second kappa shape index (κ2) is 16.1. The van der Waals surface area contributed by atoms with Crippen LogP contribution in [-0.2, 0) is 19.2 Å². The summed E-state index contributed by atoms with van der Waals surface area (Å²) in [6.07, 6.45) is 3.39. The highest BCUT2D eigenvalue weighted by Gasteiger charge is 2.29. The van der Waals surface area contributed by atoms with E-state index in [4.69, 9.17) is 17.2 Å². The molecule has 0 fully saturated rings. The van der Waals surface area contributed by atoms with Crippen molar-refractivity contribution in [1.29, 1.82) is 0 Å². The second-order valence-electron chi connectivity index (χ2n) is 7.83. The maximum atomic E-state index is 12.7. The Morgan fingerprint density at radius 3 is 2.09 bits per heavy atom. The van der Waals surface area contributed by atoms with E-state index in [1.54, 1.807) is 0 Å². The predicted molar refractivity (Wildman–Crippen MR) is 129 cm³/mol. The van der Waals surface area contributed by atoms with Gasteiger partial charge in [0.1, 0.15) is 18.1 Å². The Labute approximate surface area is 199 Å². The third kappa shape index (κ3) is 12.3. The molecule has 0 bridgehead atoms. The second-order valence-corrected chi connectivity index (χ2v) is 8.82. The summed E-state index contributed by atoms with van der Waals surface area (Å²) in [7, 11) is 0. The van der Waals surface area contributed by atoms with Gasteiger partial charge < -0.3 is 38.3 Å². The van der Waals surface area contributed by atoms with Gasteiger partial charge in [0.15, 0.2) is 5.96 Å². The zero-order chi connectivity index (χ0) is 25.6. The first-order valence-corrected chi connectivity index (χ1v) is 12.3. The quantitative estimate of drug-likeness (QED) is 0.0779. The van der Waals surface area contributed by atoms with Crippen molar-refractivity contribution < 1.29 is 24.3 Å². The number of hydrogen-bond donors (Lipinski definition) is 7. The Morgan fingerprint density at radius 2 is 1.58 bits per heavy atom. The number of aliphatic carboxylic acids is 1. The molecule has 0 aromatic rings. The van der Waals surface area contributed by atoms with Gasteiger partial charge in [0, 0.05) is 6.54 Å². The molecule has 0 aliphatic heterocycles. The molecule has 0 aliphatic rings. The molecular weight excluding hydrogens is 450 g/mol. The first-order chi connectivity index (χ1) is 15.4. The Morgan fingerprint density at radius 1 is 0.970 bits per heavy atom. The van der Waals surface area contributed by atoms with E-state index >= 15 is 0 Å². The van der Waals surface area contributed by atoms with Crippen molar-refractivity contribution in [2.45, 2.75) is 70.6 Å². The van der Waals surface area contributed by atoms with E-state index in [9.17, 15) is 24.3 Å². The van der Waals surface area contributed by atoms with Gasteiger partial charge in [-0.2, -0.15) is 11.8 Å². The van der Waals surface area contributed by atoms with E-state index < -0.39 is 47.9 Å². The number of carbonyl (C=O) groups excluding carboxylic acids is 3. The SMILES string of the molecule is CCC(C)C(N)C(=O)NC(CCSC)C(=O)NC(C)C(=O)NC(CCCN=C(N)N)C(=O)O. The van der Waals surface area contributed by atoms with Gasteiger partial charge in [0.05, 0.1) is 6.04 Å². The van der Waals surface area contributed by atoms with Crippen LogP contribution in [0.5, 0.6) is 0 Å². The lowest BCUT2D eigenvalue weighted by atomic mass is 9.99. The Balaban J connectivity index is 5.01. The van der Waals surface area contributed by atoms with Crippen LogP contribution in [0.15, 0.2) is 4.99 Å². The average Bonchev–Trinajstić information content (AvgIpc) is 2.76. The molecule has 0 radical (unpaired) electrons. The van der Waals surface area contributed by atoms with Crippen LogP contribution in [-0.4, -0.2) is 77.5 Å². The van der Waals surface area contributed by atoms with Gasteiger partial charge in [-0.25, -0.2) is 4.79 Å². The number of aliphatic imine (C=N–C) groups is 1. The summed E-state index contributed by atoms with van der Waals surface area (Å²) in [6, 6.07) is -3.80. The molecule has 5 unspecified atom stereocenters. The van der Waals surface area contributed by atoms with Gasteiger partial charge >= 0.3 is 5.97 Å². The fourth-order valence-electron chi connectivity index (χ4n) is 2.72. The topological polar surface area (TPSA) is 215 Å². The maximum Gasteiger partial charge on any atom is 0.326 e. The van der Waals surface area contributed by atoms with Crippen LogP contribution in [0.3, 0.4) is 0 Å². The summed E-state index contributed by atoms with van der Waals surface area (Å²) in [5.74, 6) is -2.41. The molecule has 0 aromatic heterocycles. The van der Waals surface area contributed by atoms with Gasteiger partial charge in [-0.1, -0.05) is 20.3 Å². The lowest BCUT2D eigenvalue weighted by Gasteiger charge is -2.24. The number of nitrogens with two attached hydrogens (primary N) is 3. The van der Waals surface area contributed by atoms with Crippen molar-refractivity contribution in [2.75, 3.05) is 18.6 Å². The molecule has 0 saturated carbocycles. The zero-order valence-corrected chi connectivity index (χ0v) is 20.6. The third-order valence-electron chi connectivity index (χ3n) is 5.12. The molecular formula is C20H39N7O5S. The number of nitrogens with one attached hydrogen (secondary N) is 3. The highest BCUT2D eigenvalue weighted by atomic mass is 32.2. The first kappa shape index (κ1) is 30.5. The normalized spacial score (nSPS) is 15.3. The minimum atomic E-state index is -1.21. The number of carbonyl (C=O) groups is 4. The zero-order valence-electron chi connectivity index (χ0n) is 19.8. The highest BCUT2D eigenvalue weighted by molar-refractivity contribution is 7.98. The van der Waals surface area contributed by atoms with E-state index in [0.29, 0.717) is 25.0 Å². The lowest BCUT2D eigenvalue weighted by Crippen LogP contribution is -2.57. The standard InChI is InChI=1S/C20H39N7O5S/c1-5-11(2)15(21)18(30)26-13(8-10-33-4)17(29)25-12(3)16(28)27-14(19(31)32)7-6-9-24-20(22)23/h11-15H,5-10,21H2,1-4H3,(H,25,29)(H,26,30)(H,27,28)(H,31,32)(H4,22,23,24). The van der Waals surface area contributed by atoms with Crippen LogP contribution in [0.2, 0.25) is 0 Å². The summed E-state index contributed by atoms with van der Waals surface area (Å²) in [5.41, 5.74) is 16.4. The summed E-state index contributed by atoms with van der Waals surface area (Å²) < 4.78 is 0. The highest BCUT2D eigenvalue weighted by Crippen LogP contribution is 2.08. The first-order valence-electron chi connectivity index (χ1n) is 10.9. The minimum absolute atomic E-state index is 0.0566. The molecule has 0 aliphatic carbocycles. The number of nitrogens with zero attached hydrogens (tertiary/aromatic N) is 1. The number of guanidine groups is 1. The van der Waals surface area contributed by atoms with Crippen molar-refractivity contribution >= 4 is 41.4 Å². The largest absolute Gasteiger partial charge is 0.480 e. The minimum Gasteiger partial charge on any atom is -0.480 e. The van der Waals surface area contributed by atoms with Gasteiger partial charge in [-0.15, -0.1) is 0 Å². The van der Waals surface area contributed by atoms with E-state index in [1.807, 2.05) is 20.1 Å². The third-order valence-corrected chi connectivity index (χ3v) is 5.76. The van der Waals surface area contributed by atoms with Crippen LogP contribution in [0, 0.1) is 5.92 Å². The molecule has 0 aromatic carbocycles.